The largest absolute Gasteiger partial charge is 0.307 e. The molecule has 0 saturated heterocycles. The average molecular weight is 386 g/mol. The van der Waals surface area contributed by atoms with E-state index in [1.54, 1.807) is 12.1 Å². The molecule has 1 aliphatic heterocycles. The number of fused-ring (bicyclic) bond motifs is 6. The third-order valence-corrected chi connectivity index (χ3v) is 8.77. The van der Waals surface area contributed by atoms with Gasteiger partial charge in [-0.15, -0.1) is 11.8 Å². The number of nitro benzene ring substituents is 1. The number of H-pyrrole nitrogens is 1. The van der Waals surface area contributed by atoms with Gasteiger partial charge in [0, 0.05) is 22.1 Å². The minimum absolute atomic E-state index is 0.00101. The van der Waals surface area contributed by atoms with Crippen molar-refractivity contribution in [2.24, 2.45) is 17.8 Å². The lowest BCUT2D eigenvalue weighted by molar-refractivity contribution is -0.385. The second-order valence-electron chi connectivity index (χ2n) is 7.40. The summed E-state index contributed by atoms with van der Waals surface area (Å²) in [7, 11) is 0. The van der Waals surface area contributed by atoms with Crippen LogP contribution in [0.25, 0.3) is 6.08 Å². The van der Waals surface area contributed by atoms with Crippen molar-refractivity contribution in [3.05, 3.63) is 60.6 Å². The van der Waals surface area contributed by atoms with Crippen molar-refractivity contribution in [1.82, 2.24) is 4.98 Å². The van der Waals surface area contributed by atoms with Crippen LogP contribution in [0.4, 0.5) is 5.69 Å². The van der Waals surface area contributed by atoms with E-state index in [9.17, 15) is 14.9 Å². The molecular weight excluding hydrogens is 368 g/mol. The molecule has 1 N–H and O–H groups in total. The highest BCUT2D eigenvalue weighted by Crippen LogP contribution is 2.62. The molecule has 5 atom stereocenters. The monoisotopic (exact) mass is 386 g/mol. The lowest BCUT2D eigenvalue weighted by Crippen LogP contribution is -2.32. The van der Waals surface area contributed by atoms with Crippen LogP contribution in [0, 0.1) is 27.9 Å². The molecular formula is C19H18N2O3S2. The molecule has 5 rings (SSSR count). The Kier molecular flexibility index (Phi) is 3.83. The van der Waals surface area contributed by atoms with Crippen LogP contribution in [-0.4, -0.2) is 15.2 Å². The third-order valence-electron chi connectivity index (χ3n) is 6.13. The number of thiazole rings is 1. The molecule has 134 valence electrons. The predicted octanol–water partition coefficient (Wildman–Crippen LogP) is 4.66. The highest BCUT2D eigenvalue weighted by Gasteiger charge is 2.53. The van der Waals surface area contributed by atoms with E-state index in [1.165, 1.54) is 36.7 Å². The number of hydrogen-bond donors (Lipinski definition) is 1. The van der Waals surface area contributed by atoms with Gasteiger partial charge >= 0.3 is 4.87 Å². The van der Waals surface area contributed by atoms with Crippen LogP contribution < -0.4 is 4.87 Å². The maximum absolute atomic E-state index is 12.0. The smallest absolute Gasteiger partial charge is 0.305 e. The summed E-state index contributed by atoms with van der Waals surface area (Å²) in [6.45, 7) is 0. The SMILES string of the molecule is O=c1[nH]c2c(s1)[C@H](/C=C/c1ccccc1[N+](=O)[O-])[C@H]1[C@H]3CC[C@@H](C3)[C@H]1S2. The summed E-state index contributed by atoms with van der Waals surface area (Å²) < 4.78 is 0. The predicted molar refractivity (Wildman–Crippen MR) is 104 cm³/mol. The first-order chi connectivity index (χ1) is 12.6. The van der Waals surface area contributed by atoms with Gasteiger partial charge in [-0.05, 0) is 43.1 Å². The molecule has 7 heteroatoms. The first-order valence-electron chi connectivity index (χ1n) is 8.93. The zero-order chi connectivity index (χ0) is 17.8. The van der Waals surface area contributed by atoms with E-state index in [0.29, 0.717) is 22.6 Å². The summed E-state index contributed by atoms with van der Waals surface area (Å²) in [6.07, 6.45) is 7.86. The number of nitrogens with zero attached hydrogens (tertiary/aromatic N) is 1. The van der Waals surface area contributed by atoms with Crippen LogP contribution in [0.1, 0.15) is 35.6 Å². The van der Waals surface area contributed by atoms with E-state index in [-0.39, 0.29) is 21.4 Å². The van der Waals surface area contributed by atoms with Crippen LogP contribution in [0.2, 0.25) is 0 Å². The molecule has 0 unspecified atom stereocenters. The maximum Gasteiger partial charge on any atom is 0.305 e. The zero-order valence-corrected chi connectivity index (χ0v) is 15.6. The van der Waals surface area contributed by atoms with Gasteiger partial charge in [0.15, 0.2) is 0 Å². The number of hydrogen-bond acceptors (Lipinski definition) is 5. The summed E-state index contributed by atoms with van der Waals surface area (Å²) in [5, 5.41) is 12.9. The van der Waals surface area contributed by atoms with E-state index in [4.69, 9.17) is 0 Å². The Bertz CT molecular complexity index is 964. The second kappa shape index (κ2) is 6.09. The highest BCUT2D eigenvalue weighted by atomic mass is 32.2. The van der Waals surface area contributed by atoms with Crippen LogP contribution in [0.15, 0.2) is 40.2 Å². The van der Waals surface area contributed by atoms with Gasteiger partial charge in [0.1, 0.15) is 0 Å². The Morgan fingerprint density at radius 2 is 2.04 bits per heavy atom. The van der Waals surface area contributed by atoms with Crippen molar-refractivity contribution >= 4 is 34.9 Å². The number of nitro groups is 1. The fraction of sp³-hybridized carbons (Fsp3) is 0.421. The van der Waals surface area contributed by atoms with E-state index in [1.807, 2.05) is 23.9 Å². The van der Waals surface area contributed by atoms with Gasteiger partial charge in [-0.25, -0.2) is 0 Å². The molecule has 2 bridgehead atoms. The first-order valence-corrected chi connectivity index (χ1v) is 10.6. The number of aromatic nitrogens is 1. The summed E-state index contributed by atoms with van der Waals surface area (Å²) in [4.78, 5) is 27.0. The van der Waals surface area contributed by atoms with Crippen molar-refractivity contribution in [1.29, 1.82) is 0 Å². The number of allylic oxidation sites excluding steroid dienone is 1. The molecule has 1 aromatic carbocycles. The molecule has 2 heterocycles. The molecule has 2 fully saturated rings. The number of aromatic amines is 1. The van der Waals surface area contributed by atoms with Crippen LogP contribution >= 0.6 is 23.1 Å². The molecule has 2 aromatic rings. The average Bonchev–Trinajstić information content (AvgIpc) is 3.32. The Hall–Kier alpha value is -1.86. The number of thioether (sulfide) groups is 1. The van der Waals surface area contributed by atoms with Crippen molar-refractivity contribution in [2.45, 2.75) is 35.5 Å². The standard InChI is InChI=1S/C19H18N2O3S2/c22-19-20-18-17(26-19)13(15-11-5-6-12(9-11)16(15)25-18)8-7-10-3-1-2-4-14(10)21(23)24/h1-4,7-8,11-13,15-16H,5-6,9H2,(H,20,22)/b8-7+/t11-,12-,13+,15+,16+/m0/s1. The second-order valence-corrected chi connectivity index (χ2v) is 9.60. The van der Waals surface area contributed by atoms with Gasteiger partial charge in [-0.3, -0.25) is 14.9 Å². The van der Waals surface area contributed by atoms with Gasteiger partial charge in [-0.2, -0.15) is 0 Å². The number of nitrogens with one attached hydrogen (secondary N) is 1. The molecule has 3 aliphatic rings. The van der Waals surface area contributed by atoms with Gasteiger partial charge < -0.3 is 4.98 Å². The Balaban J connectivity index is 1.56. The topological polar surface area (TPSA) is 76.0 Å². The van der Waals surface area contributed by atoms with E-state index in [2.05, 4.69) is 11.1 Å². The number of benzene rings is 1. The Morgan fingerprint density at radius 3 is 2.88 bits per heavy atom. The summed E-state index contributed by atoms with van der Waals surface area (Å²) in [5.74, 6) is 2.17. The normalized spacial score (nSPS) is 31.9. The quantitative estimate of drug-likeness (QED) is 0.615. The summed E-state index contributed by atoms with van der Waals surface area (Å²) in [6, 6.07) is 6.83. The van der Waals surface area contributed by atoms with Crippen molar-refractivity contribution in [2.75, 3.05) is 0 Å². The molecule has 2 saturated carbocycles. The minimum Gasteiger partial charge on any atom is -0.307 e. The summed E-state index contributed by atoms with van der Waals surface area (Å²) in [5.41, 5.74) is 0.751. The van der Waals surface area contributed by atoms with Gasteiger partial charge in [0.05, 0.1) is 15.5 Å². The molecule has 2 aliphatic carbocycles. The van der Waals surface area contributed by atoms with Gasteiger partial charge in [0.2, 0.25) is 0 Å². The fourth-order valence-electron chi connectivity index (χ4n) is 5.12. The van der Waals surface area contributed by atoms with Crippen LogP contribution in [-0.2, 0) is 0 Å². The molecule has 26 heavy (non-hydrogen) atoms. The number of rotatable bonds is 3. The lowest BCUT2D eigenvalue weighted by Gasteiger charge is -2.38. The van der Waals surface area contributed by atoms with Gasteiger partial charge in [0.25, 0.3) is 5.69 Å². The van der Waals surface area contributed by atoms with E-state index >= 15 is 0 Å². The minimum atomic E-state index is -0.336. The lowest BCUT2D eigenvalue weighted by atomic mass is 9.77. The molecule has 0 amide bonds. The van der Waals surface area contributed by atoms with Crippen LogP contribution in [0.5, 0.6) is 0 Å². The van der Waals surface area contributed by atoms with Crippen molar-refractivity contribution in [3.63, 3.8) is 0 Å². The number of para-hydroxylation sites is 1. The Morgan fingerprint density at radius 1 is 1.23 bits per heavy atom. The molecule has 0 spiro atoms. The maximum atomic E-state index is 12.0. The molecule has 5 nitrogen and oxygen atoms in total. The van der Waals surface area contributed by atoms with Crippen molar-refractivity contribution < 1.29 is 4.92 Å². The third kappa shape index (κ3) is 2.48. The van der Waals surface area contributed by atoms with Crippen LogP contribution in [0.3, 0.4) is 0 Å². The molecule has 1 aromatic heterocycles. The zero-order valence-electron chi connectivity index (χ0n) is 14.0. The van der Waals surface area contributed by atoms with E-state index in [0.717, 1.165) is 15.8 Å². The van der Waals surface area contributed by atoms with Gasteiger partial charge in [-0.1, -0.05) is 35.6 Å². The Labute approximate surface area is 158 Å². The first kappa shape index (κ1) is 16.3. The van der Waals surface area contributed by atoms with Crippen molar-refractivity contribution in [3.8, 4) is 0 Å². The summed E-state index contributed by atoms with van der Waals surface area (Å²) >= 11 is 3.16. The fourth-order valence-corrected chi connectivity index (χ4v) is 7.98. The highest BCUT2D eigenvalue weighted by molar-refractivity contribution is 8.00. The van der Waals surface area contributed by atoms with E-state index < -0.39 is 0 Å². The molecule has 0 radical (unpaired) electrons.